The minimum absolute atomic E-state index is 0.0360. The molecule has 0 radical (unpaired) electrons. The number of likely N-dealkylation sites (tertiary alicyclic amines) is 1. The third-order valence-corrected chi connectivity index (χ3v) is 4.75. The molecule has 2 unspecified atom stereocenters. The fourth-order valence-electron chi connectivity index (χ4n) is 2.49. The standard InChI is InChI=1S/C13H22N4O2S/c1-9(2)17-8-14-15-13(17)20-7-12(19)16-5-4-10(3)11(16)6-18/h8-11,18H,4-7H2,1-3H3. The maximum absolute atomic E-state index is 12.3. The van der Waals surface area contributed by atoms with Crippen LogP contribution in [0.5, 0.6) is 0 Å². The van der Waals surface area contributed by atoms with E-state index >= 15 is 0 Å². The Balaban J connectivity index is 1.94. The summed E-state index contributed by atoms with van der Waals surface area (Å²) in [5.74, 6) is 0.777. The molecule has 1 amide bonds. The molecule has 2 rings (SSSR count). The lowest BCUT2D eigenvalue weighted by Crippen LogP contribution is -2.40. The first-order valence-corrected chi connectivity index (χ1v) is 7.95. The second-order valence-corrected chi connectivity index (χ2v) is 6.45. The Morgan fingerprint density at radius 3 is 3.00 bits per heavy atom. The van der Waals surface area contributed by atoms with Crippen molar-refractivity contribution in [2.24, 2.45) is 5.92 Å². The summed E-state index contributed by atoms with van der Waals surface area (Å²) in [5.41, 5.74) is 0. The second kappa shape index (κ2) is 6.58. The molecule has 1 saturated heterocycles. The van der Waals surface area contributed by atoms with Crippen LogP contribution in [0.2, 0.25) is 0 Å². The molecule has 0 bridgehead atoms. The van der Waals surface area contributed by atoms with Crippen LogP contribution < -0.4 is 0 Å². The zero-order valence-corrected chi connectivity index (χ0v) is 13.0. The topological polar surface area (TPSA) is 71.2 Å². The minimum Gasteiger partial charge on any atom is -0.394 e. The molecule has 1 aromatic heterocycles. The number of thioether (sulfide) groups is 1. The van der Waals surface area contributed by atoms with E-state index in [1.165, 1.54) is 11.8 Å². The molecule has 1 aromatic rings. The largest absolute Gasteiger partial charge is 0.394 e. The molecular formula is C13H22N4O2S. The zero-order valence-electron chi connectivity index (χ0n) is 12.2. The van der Waals surface area contributed by atoms with Crippen molar-refractivity contribution in [3.05, 3.63) is 6.33 Å². The monoisotopic (exact) mass is 298 g/mol. The average molecular weight is 298 g/mol. The number of hydrogen-bond donors (Lipinski definition) is 1. The van der Waals surface area contributed by atoms with E-state index in [9.17, 15) is 9.90 Å². The molecule has 0 saturated carbocycles. The van der Waals surface area contributed by atoms with Gasteiger partial charge in [-0.25, -0.2) is 0 Å². The number of carbonyl (C=O) groups excluding carboxylic acids is 1. The fraction of sp³-hybridized carbons (Fsp3) is 0.769. The van der Waals surface area contributed by atoms with E-state index in [4.69, 9.17) is 0 Å². The van der Waals surface area contributed by atoms with Crippen molar-refractivity contribution in [3.63, 3.8) is 0 Å². The van der Waals surface area contributed by atoms with Gasteiger partial charge >= 0.3 is 0 Å². The number of nitrogens with zero attached hydrogens (tertiary/aromatic N) is 4. The Morgan fingerprint density at radius 1 is 1.60 bits per heavy atom. The van der Waals surface area contributed by atoms with Crippen LogP contribution in [-0.2, 0) is 4.79 Å². The average Bonchev–Trinajstić information content (AvgIpc) is 3.01. The summed E-state index contributed by atoms with van der Waals surface area (Å²) in [6.07, 6.45) is 2.65. The molecule has 20 heavy (non-hydrogen) atoms. The Bertz CT molecular complexity index is 463. The highest BCUT2D eigenvalue weighted by Crippen LogP contribution is 2.25. The number of amides is 1. The summed E-state index contributed by atoms with van der Waals surface area (Å²) >= 11 is 1.41. The number of aliphatic hydroxyl groups excluding tert-OH is 1. The third kappa shape index (κ3) is 3.15. The molecule has 6 nitrogen and oxygen atoms in total. The first kappa shape index (κ1) is 15.3. The third-order valence-electron chi connectivity index (χ3n) is 3.81. The van der Waals surface area contributed by atoms with E-state index in [0.29, 0.717) is 11.7 Å². The maximum atomic E-state index is 12.3. The van der Waals surface area contributed by atoms with Gasteiger partial charge in [0.15, 0.2) is 5.16 Å². The normalized spacial score (nSPS) is 22.8. The van der Waals surface area contributed by atoms with E-state index in [-0.39, 0.29) is 24.6 Å². The van der Waals surface area contributed by atoms with Gasteiger partial charge in [-0.3, -0.25) is 4.79 Å². The molecule has 112 valence electrons. The predicted molar refractivity (Wildman–Crippen MR) is 77.5 cm³/mol. The van der Waals surface area contributed by atoms with Gasteiger partial charge in [0, 0.05) is 12.6 Å². The molecule has 0 aromatic carbocycles. The van der Waals surface area contributed by atoms with Crippen LogP contribution in [0.1, 0.15) is 33.2 Å². The van der Waals surface area contributed by atoms with Crippen molar-refractivity contribution in [1.29, 1.82) is 0 Å². The second-order valence-electron chi connectivity index (χ2n) is 5.51. The van der Waals surface area contributed by atoms with Gasteiger partial charge < -0.3 is 14.6 Å². The molecule has 0 spiro atoms. The minimum atomic E-state index is -0.0360. The summed E-state index contributed by atoms with van der Waals surface area (Å²) in [5, 5.41) is 18.1. The van der Waals surface area contributed by atoms with Crippen LogP contribution in [-0.4, -0.2) is 55.6 Å². The predicted octanol–water partition coefficient (Wildman–Crippen LogP) is 1.18. The lowest BCUT2D eigenvalue weighted by Gasteiger charge is -2.25. The van der Waals surface area contributed by atoms with Crippen LogP contribution in [0.15, 0.2) is 11.5 Å². The van der Waals surface area contributed by atoms with Gasteiger partial charge in [0.25, 0.3) is 0 Å². The summed E-state index contributed by atoms with van der Waals surface area (Å²) in [6.45, 7) is 6.97. The van der Waals surface area contributed by atoms with Gasteiger partial charge in [-0.05, 0) is 26.2 Å². The smallest absolute Gasteiger partial charge is 0.233 e. The van der Waals surface area contributed by atoms with Crippen molar-refractivity contribution < 1.29 is 9.90 Å². The van der Waals surface area contributed by atoms with Crippen molar-refractivity contribution in [2.75, 3.05) is 18.9 Å². The fourth-order valence-corrected chi connectivity index (χ4v) is 3.43. The molecule has 1 aliphatic heterocycles. The summed E-state index contributed by atoms with van der Waals surface area (Å²) < 4.78 is 1.95. The Labute approximate surface area is 123 Å². The molecule has 1 N–H and O–H groups in total. The highest BCUT2D eigenvalue weighted by Gasteiger charge is 2.33. The van der Waals surface area contributed by atoms with Gasteiger partial charge in [0.1, 0.15) is 6.33 Å². The molecule has 0 aliphatic carbocycles. The number of aromatic nitrogens is 3. The Hall–Kier alpha value is -1.08. The van der Waals surface area contributed by atoms with Crippen LogP contribution >= 0.6 is 11.8 Å². The van der Waals surface area contributed by atoms with Crippen molar-refractivity contribution >= 4 is 17.7 Å². The summed E-state index contributed by atoms with van der Waals surface area (Å²) in [6, 6.07) is 0.241. The van der Waals surface area contributed by atoms with Crippen molar-refractivity contribution in [1.82, 2.24) is 19.7 Å². The van der Waals surface area contributed by atoms with Gasteiger partial charge in [0.2, 0.25) is 5.91 Å². The Morgan fingerprint density at radius 2 is 2.35 bits per heavy atom. The van der Waals surface area contributed by atoms with Crippen molar-refractivity contribution in [3.8, 4) is 0 Å². The number of aliphatic hydroxyl groups is 1. The lowest BCUT2D eigenvalue weighted by atomic mass is 10.0. The number of carbonyl (C=O) groups is 1. The zero-order chi connectivity index (χ0) is 14.7. The summed E-state index contributed by atoms with van der Waals surface area (Å²) in [7, 11) is 0. The number of rotatable bonds is 5. The lowest BCUT2D eigenvalue weighted by molar-refractivity contribution is -0.130. The summed E-state index contributed by atoms with van der Waals surface area (Å²) in [4.78, 5) is 14.1. The van der Waals surface area contributed by atoms with Crippen molar-refractivity contribution in [2.45, 2.75) is 44.4 Å². The molecule has 2 atom stereocenters. The van der Waals surface area contributed by atoms with Crippen LogP contribution in [0.25, 0.3) is 0 Å². The van der Waals surface area contributed by atoms with E-state index < -0.39 is 0 Å². The van der Waals surface area contributed by atoms with Crippen LogP contribution in [0, 0.1) is 5.92 Å². The maximum Gasteiger partial charge on any atom is 0.233 e. The molecule has 1 aliphatic rings. The number of hydrogen-bond acceptors (Lipinski definition) is 5. The van der Waals surface area contributed by atoms with Gasteiger partial charge in [-0.1, -0.05) is 18.7 Å². The molecule has 7 heteroatoms. The van der Waals surface area contributed by atoms with E-state index in [1.807, 2.05) is 4.57 Å². The van der Waals surface area contributed by atoms with Crippen LogP contribution in [0.3, 0.4) is 0 Å². The SMILES string of the molecule is CC1CCN(C(=O)CSc2nncn2C(C)C)C1CO. The van der Waals surface area contributed by atoms with Gasteiger partial charge in [0.05, 0.1) is 18.4 Å². The van der Waals surface area contributed by atoms with E-state index in [2.05, 4.69) is 31.0 Å². The molecular weight excluding hydrogens is 276 g/mol. The van der Waals surface area contributed by atoms with Crippen LogP contribution in [0.4, 0.5) is 0 Å². The first-order valence-electron chi connectivity index (χ1n) is 6.97. The highest BCUT2D eigenvalue weighted by molar-refractivity contribution is 7.99. The molecule has 2 heterocycles. The van der Waals surface area contributed by atoms with Gasteiger partial charge in [-0.2, -0.15) is 0 Å². The first-order chi connectivity index (χ1) is 9.54. The van der Waals surface area contributed by atoms with Gasteiger partial charge in [-0.15, -0.1) is 10.2 Å². The molecule has 1 fully saturated rings. The van der Waals surface area contributed by atoms with E-state index in [1.54, 1.807) is 11.2 Å². The Kier molecular flexibility index (Phi) is 5.04. The highest BCUT2D eigenvalue weighted by atomic mass is 32.2. The quantitative estimate of drug-likeness (QED) is 0.827. The van der Waals surface area contributed by atoms with E-state index in [0.717, 1.165) is 18.1 Å².